The molecule has 0 fully saturated rings. The molecule has 0 aliphatic carbocycles. The highest BCUT2D eigenvalue weighted by molar-refractivity contribution is 8.17. The Balaban J connectivity index is 2.17. The van der Waals surface area contributed by atoms with E-state index < -0.39 is 0 Å². The normalized spacial score (nSPS) is 11.8. The number of nitrogens with zero attached hydrogens (tertiary/aromatic N) is 2. The molecule has 0 unspecified atom stereocenters. The molecule has 156 valence electrons. The molecule has 3 aromatic rings. The molecule has 29 heavy (non-hydrogen) atoms. The summed E-state index contributed by atoms with van der Waals surface area (Å²) in [6.07, 6.45) is 10.7. The van der Waals surface area contributed by atoms with Crippen LogP contribution in [-0.4, -0.2) is 28.2 Å². The lowest BCUT2D eigenvalue weighted by Crippen LogP contribution is -2.27. The van der Waals surface area contributed by atoms with E-state index in [9.17, 15) is 0 Å². The standard InChI is InChI=1S/C24H32N2OS2/c1-4-6-16-28-24(29-17-7-5-2,18-26-15-14-25-19-26)23-21-11-9-8-10-20(21)12-13-22(23)27-3/h8-15,19H,4-7,16-18H2,1-3H3. The molecule has 3 rings (SSSR count). The van der Waals surface area contributed by atoms with Crippen molar-refractivity contribution in [3.05, 3.63) is 60.7 Å². The summed E-state index contributed by atoms with van der Waals surface area (Å²) in [5.74, 6) is 3.25. The number of benzene rings is 2. The van der Waals surface area contributed by atoms with E-state index in [1.807, 2.05) is 12.5 Å². The van der Waals surface area contributed by atoms with Crippen LogP contribution >= 0.6 is 23.5 Å². The van der Waals surface area contributed by atoms with Crippen LogP contribution in [0.2, 0.25) is 0 Å². The lowest BCUT2D eigenvalue weighted by Gasteiger charge is -2.36. The van der Waals surface area contributed by atoms with Crippen LogP contribution in [0.25, 0.3) is 10.8 Å². The SMILES string of the molecule is CCCCSC(Cn1ccnc1)(SCCCC)c1c(OC)ccc2ccccc12. The Morgan fingerprint density at radius 3 is 2.34 bits per heavy atom. The molecule has 0 spiro atoms. The van der Waals surface area contributed by atoms with Gasteiger partial charge in [0.05, 0.1) is 20.0 Å². The summed E-state index contributed by atoms with van der Waals surface area (Å²) in [6.45, 7) is 5.40. The number of imidazole rings is 1. The van der Waals surface area contributed by atoms with Crippen LogP contribution in [0.15, 0.2) is 55.1 Å². The molecule has 0 saturated heterocycles. The quantitative estimate of drug-likeness (QED) is 0.230. The number of aromatic nitrogens is 2. The van der Waals surface area contributed by atoms with Gasteiger partial charge in [0.2, 0.25) is 0 Å². The third-order valence-corrected chi connectivity index (χ3v) is 8.40. The fourth-order valence-corrected chi connectivity index (χ4v) is 7.10. The molecule has 2 aromatic carbocycles. The molecule has 0 saturated carbocycles. The fourth-order valence-electron chi connectivity index (χ4n) is 3.55. The van der Waals surface area contributed by atoms with E-state index in [1.54, 1.807) is 7.11 Å². The predicted octanol–water partition coefficient (Wildman–Crippen LogP) is 6.96. The number of hydrogen-bond acceptors (Lipinski definition) is 4. The van der Waals surface area contributed by atoms with Gasteiger partial charge in [0.25, 0.3) is 0 Å². The van der Waals surface area contributed by atoms with Crippen LogP contribution in [0.3, 0.4) is 0 Å². The molecule has 0 N–H and O–H groups in total. The molecule has 0 radical (unpaired) electrons. The zero-order valence-corrected chi connectivity index (χ0v) is 19.4. The zero-order valence-electron chi connectivity index (χ0n) is 17.8. The van der Waals surface area contributed by atoms with Crippen LogP contribution in [-0.2, 0) is 10.6 Å². The number of unbranched alkanes of at least 4 members (excludes halogenated alkanes) is 2. The molecular weight excluding hydrogens is 396 g/mol. The first-order valence-corrected chi connectivity index (χ1v) is 12.5. The largest absolute Gasteiger partial charge is 0.496 e. The summed E-state index contributed by atoms with van der Waals surface area (Å²) < 4.78 is 8.03. The minimum absolute atomic E-state index is 0.128. The molecule has 1 heterocycles. The molecule has 3 nitrogen and oxygen atoms in total. The Hall–Kier alpha value is -1.59. The molecule has 0 atom stereocenters. The van der Waals surface area contributed by atoms with Crippen molar-refractivity contribution in [3.8, 4) is 5.75 Å². The monoisotopic (exact) mass is 428 g/mol. The molecule has 1 aromatic heterocycles. The van der Waals surface area contributed by atoms with Crippen molar-refractivity contribution in [2.75, 3.05) is 18.6 Å². The summed E-state index contributed by atoms with van der Waals surface area (Å²) in [5, 5.41) is 2.56. The second-order valence-electron chi connectivity index (χ2n) is 7.26. The summed E-state index contributed by atoms with van der Waals surface area (Å²) in [7, 11) is 1.79. The summed E-state index contributed by atoms with van der Waals surface area (Å²) in [4.78, 5) is 4.31. The molecular formula is C24H32N2OS2. The van der Waals surface area contributed by atoms with Gasteiger partial charge in [-0.15, -0.1) is 23.5 Å². The van der Waals surface area contributed by atoms with E-state index in [0.717, 1.165) is 23.8 Å². The number of fused-ring (bicyclic) bond motifs is 1. The maximum absolute atomic E-state index is 5.94. The van der Waals surface area contributed by atoms with Crippen LogP contribution in [0.1, 0.15) is 45.1 Å². The van der Waals surface area contributed by atoms with Gasteiger partial charge in [-0.2, -0.15) is 0 Å². The Morgan fingerprint density at radius 1 is 1.00 bits per heavy atom. The van der Waals surface area contributed by atoms with Crippen molar-refractivity contribution in [1.29, 1.82) is 0 Å². The van der Waals surface area contributed by atoms with E-state index in [2.05, 4.69) is 89.5 Å². The Labute approximate surface area is 183 Å². The highest BCUT2D eigenvalue weighted by atomic mass is 32.2. The van der Waals surface area contributed by atoms with Crippen LogP contribution in [0.5, 0.6) is 5.75 Å². The zero-order chi connectivity index (χ0) is 20.5. The van der Waals surface area contributed by atoms with Gasteiger partial charge < -0.3 is 9.30 Å². The van der Waals surface area contributed by atoms with Gasteiger partial charge in [-0.25, -0.2) is 4.98 Å². The van der Waals surface area contributed by atoms with Crippen molar-refractivity contribution >= 4 is 34.3 Å². The lowest BCUT2D eigenvalue weighted by atomic mass is 10.00. The van der Waals surface area contributed by atoms with Gasteiger partial charge in [0.15, 0.2) is 0 Å². The van der Waals surface area contributed by atoms with Gasteiger partial charge in [0, 0.05) is 18.0 Å². The second-order valence-corrected chi connectivity index (χ2v) is 10.3. The first kappa shape index (κ1) is 22.1. The van der Waals surface area contributed by atoms with Crippen LogP contribution in [0.4, 0.5) is 0 Å². The van der Waals surface area contributed by atoms with E-state index >= 15 is 0 Å². The van der Waals surface area contributed by atoms with E-state index in [1.165, 1.54) is 42.0 Å². The molecule has 0 bridgehead atoms. The van der Waals surface area contributed by atoms with Crippen molar-refractivity contribution in [1.82, 2.24) is 9.55 Å². The van der Waals surface area contributed by atoms with Gasteiger partial charge in [-0.05, 0) is 41.2 Å². The van der Waals surface area contributed by atoms with Crippen LogP contribution < -0.4 is 4.74 Å². The van der Waals surface area contributed by atoms with Gasteiger partial charge in [-0.1, -0.05) is 57.0 Å². The third-order valence-electron chi connectivity index (χ3n) is 5.11. The predicted molar refractivity (Wildman–Crippen MR) is 129 cm³/mol. The maximum Gasteiger partial charge on any atom is 0.125 e. The van der Waals surface area contributed by atoms with E-state index in [-0.39, 0.29) is 4.08 Å². The molecule has 0 aliphatic heterocycles. The van der Waals surface area contributed by atoms with Gasteiger partial charge in [-0.3, -0.25) is 0 Å². The first-order chi connectivity index (χ1) is 14.2. The van der Waals surface area contributed by atoms with Crippen molar-refractivity contribution in [3.63, 3.8) is 0 Å². The van der Waals surface area contributed by atoms with E-state index in [4.69, 9.17) is 4.74 Å². The Bertz CT molecular complexity index is 870. The average molecular weight is 429 g/mol. The summed E-state index contributed by atoms with van der Waals surface area (Å²) in [6, 6.07) is 13.0. The summed E-state index contributed by atoms with van der Waals surface area (Å²) >= 11 is 4.15. The van der Waals surface area contributed by atoms with Crippen molar-refractivity contribution in [2.24, 2.45) is 0 Å². The third kappa shape index (κ3) is 5.32. The summed E-state index contributed by atoms with van der Waals surface area (Å²) in [5.41, 5.74) is 1.31. The minimum Gasteiger partial charge on any atom is -0.496 e. The average Bonchev–Trinajstić information content (AvgIpc) is 3.26. The van der Waals surface area contributed by atoms with Crippen LogP contribution in [0, 0.1) is 0 Å². The smallest absolute Gasteiger partial charge is 0.125 e. The van der Waals surface area contributed by atoms with Gasteiger partial charge in [0.1, 0.15) is 9.83 Å². The highest BCUT2D eigenvalue weighted by Crippen LogP contribution is 2.53. The number of ether oxygens (including phenoxy) is 1. The maximum atomic E-state index is 5.94. The van der Waals surface area contributed by atoms with Crippen molar-refractivity contribution < 1.29 is 4.74 Å². The number of methoxy groups -OCH3 is 1. The molecule has 0 aliphatic rings. The van der Waals surface area contributed by atoms with Crippen molar-refractivity contribution in [2.45, 2.75) is 50.2 Å². The number of hydrogen-bond donors (Lipinski definition) is 0. The topological polar surface area (TPSA) is 27.1 Å². The molecule has 5 heteroatoms. The van der Waals surface area contributed by atoms with Gasteiger partial charge >= 0.3 is 0 Å². The number of rotatable bonds is 12. The molecule has 0 amide bonds. The van der Waals surface area contributed by atoms with E-state index in [0.29, 0.717) is 0 Å². The first-order valence-electron chi connectivity index (χ1n) is 10.5. The Morgan fingerprint density at radius 2 is 1.72 bits per heavy atom. The second kappa shape index (κ2) is 11.0. The lowest BCUT2D eigenvalue weighted by molar-refractivity contribution is 0.407. The number of thioether (sulfide) groups is 2. The Kier molecular flexibility index (Phi) is 8.37. The highest BCUT2D eigenvalue weighted by Gasteiger charge is 2.38. The fraction of sp³-hybridized carbons (Fsp3) is 0.458. The minimum atomic E-state index is -0.128.